The molecule has 1 fully saturated rings. The Kier molecular flexibility index (Phi) is 9.66. The number of aryl methyl sites for hydroxylation is 1. The zero-order valence-corrected chi connectivity index (χ0v) is 17.8. The molecule has 136 valence electrons. The fourth-order valence-electron chi connectivity index (χ4n) is 3.04. The van der Waals surface area contributed by atoms with Crippen molar-refractivity contribution in [1.29, 1.82) is 0 Å². The van der Waals surface area contributed by atoms with Crippen molar-refractivity contribution >= 4 is 29.9 Å². The molecule has 0 radical (unpaired) electrons. The van der Waals surface area contributed by atoms with Crippen LogP contribution < -0.4 is 10.6 Å². The summed E-state index contributed by atoms with van der Waals surface area (Å²) in [7, 11) is 0. The van der Waals surface area contributed by atoms with Gasteiger partial charge in [0.2, 0.25) is 0 Å². The molecule has 0 aliphatic carbocycles. The summed E-state index contributed by atoms with van der Waals surface area (Å²) in [6, 6.07) is 9.70. The maximum Gasteiger partial charge on any atom is 0.191 e. The van der Waals surface area contributed by atoms with Gasteiger partial charge in [0.25, 0.3) is 0 Å². The lowest BCUT2D eigenvalue weighted by Crippen LogP contribution is -2.41. The van der Waals surface area contributed by atoms with Crippen LogP contribution in [0.3, 0.4) is 0 Å². The first-order chi connectivity index (χ1) is 11.1. The molecule has 1 unspecified atom stereocenters. The molecule has 0 saturated carbocycles. The number of likely N-dealkylation sites (tertiary alicyclic amines) is 1. The summed E-state index contributed by atoms with van der Waals surface area (Å²) >= 11 is 0. The van der Waals surface area contributed by atoms with Gasteiger partial charge in [0.1, 0.15) is 0 Å². The number of guanidine groups is 1. The van der Waals surface area contributed by atoms with E-state index in [9.17, 15) is 0 Å². The molecular weight excluding hydrogens is 411 g/mol. The van der Waals surface area contributed by atoms with E-state index >= 15 is 0 Å². The zero-order valence-electron chi connectivity index (χ0n) is 15.5. The largest absolute Gasteiger partial charge is 0.357 e. The third-order valence-corrected chi connectivity index (χ3v) is 4.24. The Hall–Kier alpha value is -0.820. The van der Waals surface area contributed by atoms with Crippen molar-refractivity contribution < 1.29 is 0 Å². The first-order valence-electron chi connectivity index (χ1n) is 8.95. The highest BCUT2D eigenvalue weighted by Gasteiger charge is 2.23. The molecule has 1 atom stereocenters. The highest BCUT2D eigenvalue weighted by molar-refractivity contribution is 14.0. The molecule has 1 aliphatic heterocycles. The molecule has 1 aliphatic rings. The van der Waals surface area contributed by atoms with Gasteiger partial charge in [0, 0.05) is 12.6 Å². The molecule has 24 heavy (non-hydrogen) atoms. The molecular formula is C19H33IN4. The number of aliphatic imine (C=N–C) groups is 1. The third kappa shape index (κ3) is 6.59. The lowest BCUT2D eigenvalue weighted by atomic mass is 10.0. The van der Waals surface area contributed by atoms with Gasteiger partial charge >= 0.3 is 0 Å². The van der Waals surface area contributed by atoms with Crippen molar-refractivity contribution in [1.82, 2.24) is 15.5 Å². The summed E-state index contributed by atoms with van der Waals surface area (Å²) < 4.78 is 0. The van der Waals surface area contributed by atoms with Crippen molar-refractivity contribution in [3.05, 3.63) is 35.4 Å². The molecule has 1 aromatic carbocycles. The van der Waals surface area contributed by atoms with Gasteiger partial charge < -0.3 is 10.6 Å². The van der Waals surface area contributed by atoms with E-state index in [2.05, 4.69) is 67.5 Å². The number of hydrogen-bond acceptors (Lipinski definition) is 2. The van der Waals surface area contributed by atoms with E-state index in [1.165, 1.54) is 37.1 Å². The SMILES string of the molecule is CCNC(=NCC(c1ccc(C)cc1)N1CCCC1)NC(C)C.I. The quantitative estimate of drug-likeness (QED) is 0.399. The Morgan fingerprint density at radius 1 is 1.17 bits per heavy atom. The maximum atomic E-state index is 4.85. The van der Waals surface area contributed by atoms with Crippen LogP contribution in [-0.2, 0) is 0 Å². The summed E-state index contributed by atoms with van der Waals surface area (Å²) in [5.41, 5.74) is 2.69. The van der Waals surface area contributed by atoms with E-state index in [1.54, 1.807) is 0 Å². The van der Waals surface area contributed by atoms with Crippen LogP contribution in [0, 0.1) is 6.92 Å². The molecule has 0 bridgehead atoms. The van der Waals surface area contributed by atoms with Gasteiger partial charge in [-0.1, -0.05) is 29.8 Å². The van der Waals surface area contributed by atoms with Crippen molar-refractivity contribution in [2.24, 2.45) is 4.99 Å². The molecule has 0 amide bonds. The monoisotopic (exact) mass is 444 g/mol. The molecule has 2 rings (SSSR count). The summed E-state index contributed by atoms with van der Waals surface area (Å²) in [6.45, 7) is 12.6. The van der Waals surface area contributed by atoms with Crippen molar-refractivity contribution in [2.75, 3.05) is 26.2 Å². The predicted octanol–water partition coefficient (Wildman–Crippen LogP) is 3.71. The average molecular weight is 444 g/mol. The molecule has 4 nitrogen and oxygen atoms in total. The van der Waals surface area contributed by atoms with Crippen molar-refractivity contribution in [3.8, 4) is 0 Å². The van der Waals surface area contributed by atoms with Gasteiger partial charge in [-0.2, -0.15) is 0 Å². The number of rotatable bonds is 6. The summed E-state index contributed by atoms with van der Waals surface area (Å²) in [4.78, 5) is 7.43. The van der Waals surface area contributed by atoms with Gasteiger partial charge in [0.15, 0.2) is 5.96 Å². The van der Waals surface area contributed by atoms with Crippen LogP contribution >= 0.6 is 24.0 Å². The topological polar surface area (TPSA) is 39.7 Å². The normalized spacial score (nSPS) is 16.8. The second-order valence-corrected chi connectivity index (χ2v) is 6.69. The number of nitrogens with zero attached hydrogens (tertiary/aromatic N) is 2. The maximum absolute atomic E-state index is 4.85. The molecule has 1 aromatic rings. The molecule has 1 heterocycles. The van der Waals surface area contributed by atoms with Crippen molar-refractivity contribution in [2.45, 2.75) is 52.6 Å². The second kappa shape index (κ2) is 10.9. The fourth-order valence-corrected chi connectivity index (χ4v) is 3.04. The Bertz CT molecular complexity index is 493. The molecule has 0 spiro atoms. The van der Waals surface area contributed by atoms with Crippen molar-refractivity contribution in [3.63, 3.8) is 0 Å². The van der Waals surface area contributed by atoms with Crippen LogP contribution in [0.4, 0.5) is 0 Å². The van der Waals surface area contributed by atoms with Crippen LogP contribution in [0.1, 0.15) is 50.8 Å². The highest BCUT2D eigenvalue weighted by atomic mass is 127. The van der Waals surface area contributed by atoms with E-state index in [-0.39, 0.29) is 24.0 Å². The molecule has 5 heteroatoms. The fraction of sp³-hybridized carbons (Fsp3) is 0.632. The van der Waals surface area contributed by atoms with Gasteiger partial charge in [-0.3, -0.25) is 9.89 Å². The van der Waals surface area contributed by atoms with Gasteiger partial charge in [0.05, 0.1) is 12.6 Å². The number of hydrogen-bond donors (Lipinski definition) is 2. The number of nitrogens with one attached hydrogen (secondary N) is 2. The Labute approximate surface area is 164 Å². The predicted molar refractivity (Wildman–Crippen MR) is 114 cm³/mol. The van der Waals surface area contributed by atoms with E-state index in [1.807, 2.05) is 0 Å². The minimum Gasteiger partial charge on any atom is -0.357 e. The minimum atomic E-state index is 0. The Morgan fingerprint density at radius 3 is 2.33 bits per heavy atom. The lowest BCUT2D eigenvalue weighted by molar-refractivity contribution is 0.251. The highest BCUT2D eigenvalue weighted by Crippen LogP contribution is 2.25. The van der Waals surface area contributed by atoms with Crippen LogP contribution in [-0.4, -0.2) is 43.1 Å². The molecule has 0 aromatic heterocycles. The first-order valence-corrected chi connectivity index (χ1v) is 8.95. The standard InChI is InChI=1S/C19H32N4.HI/c1-5-20-19(22-15(2)3)21-14-18(23-12-6-7-13-23)17-10-8-16(4)9-11-17;/h8-11,15,18H,5-7,12-14H2,1-4H3,(H2,20,21,22);1H. The van der Waals surface area contributed by atoms with Crippen LogP contribution in [0.2, 0.25) is 0 Å². The number of halogens is 1. The van der Waals surface area contributed by atoms with Gasteiger partial charge in [-0.15, -0.1) is 24.0 Å². The summed E-state index contributed by atoms with van der Waals surface area (Å²) in [5.74, 6) is 0.916. The summed E-state index contributed by atoms with van der Waals surface area (Å²) in [6.07, 6.45) is 2.60. The molecule has 2 N–H and O–H groups in total. The van der Waals surface area contributed by atoms with Crippen LogP contribution in [0.15, 0.2) is 29.3 Å². The van der Waals surface area contributed by atoms with Crippen LogP contribution in [0.25, 0.3) is 0 Å². The second-order valence-electron chi connectivity index (χ2n) is 6.69. The summed E-state index contributed by atoms with van der Waals surface area (Å²) in [5, 5.41) is 6.75. The smallest absolute Gasteiger partial charge is 0.191 e. The first kappa shape index (κ1) is 21.2. The zero-order chi connectivity index (χ0) is 16.7. The Balaban J connectivity index is 0.00000288. The van der Waals surface area contributed by atoms with Crippen LogP contribution in [0.5, 0.6) is 0 Å². The average Bonchev–Trinajstić information content (AvgIpc) is 3.03. The minimum absolute atomic E-state index is 0. The molecule has 1 saturated heterocycles. The van der Waals surface area contributed by atoms with E-state index < -0.39 is 0 Å². The van der Waals surface area contributed by atoms with Gasteiger partial charge in [-0.25, -0.2) is 0 Å². The third-order valence-electron chi connectivity index (χ3n) is 4.24. The Morgan fingerprint density at radius 2 is 1.79 bits per heavy atom. The van der Waals surface area contributed by atoms with E-state index in [4.69, 9.17) is 4.99 Å². The number of benzene rings is 1. The van der Waals surface area contributed by atoms with E-state index in [0.717, 1.165) is 19.0 Å². The van der Waals surface area contributed by atoms with Gasteiger partial charge in [-0.05, 0) is 59.2 Å². The lowest BCUT2D eigenvalue weighted by Gasteiger charge is -2.27. The van der Waals surface area contributed by atoms with E-state index in [0.29, 0.717) is 12.1 Å².